The van der Waals surface area contributed by atoms with Crippen LogP contribution in [0, 0.1) is 0 Å². The normalized spacial score (nSPS) is 11.1. The zero-order chi connectivity index (χ0) is 18.3. The number of carbonyl (C=O) groups excluding carboxylic acids is 1. The van der Waals surface area contributed by atoms with E-state index in [0.29, 0.717) is 19.5 Å². The minimum Gasteiger partial charge on any atom is -0.495 e. The Kier molecular flexibility index (Phi) is 6.49. The van der Waals surface area contributed by atoms with Crippen LogP contribution < -0.4 is 14.8 Å². The number of pyridine rings is 1. The number of benzene rings is 1. The zero-order valence-electron chi connectivity index (χ0n) is 14.2. The molecule has 0 aliphatic rings. The highest BCUT2D eigenvalue weighted by Crippen LogP contribution is 2.24. The summed E-state index contributed by atoms with van der Waals surface area (Å²) in [5.74, 6) is -0.189. The van der Waals surface area contributed by atoms with Crippen molar-refractivity contribution in [3.05, 3.63) is 53.9 Å². The van der Waals surface area contributed by atoms with Crippen molar-refractivity contribution in [1.29, 1.82) is 0 Å². The molecule has 8 heteroatoms. The molecule has 2 N–H and O–H groups in total. The molecule has 2 rings (SSSR count). The fourth-order valence-electron chi connectivity index (χ4n) is 2.13. The Bertz CT molecular complexity index is 823. The Morgan fingerprint density at radius 3 is 2.72 bits per heavy atom. The van der Waals surface area contributed by atoms with Gasteiger partial charge in [-0.05, 0) is 36.2 Å². The number of hydrogen-bond acceptors (Lipinski definition) is 5. The molecular weight excluding hydrogens is 342 g/mol. The lowest BCUT2D eigenvalue weighted by Gasteiger charge is -2.12. The second kappa shape index (κ2) is 8.59. The maximum atomic E-state index is 12.4. The van der Waals surface area contributed by atoms with Gasteiger partial charge in [-0.1, -0.05) is 13.0 Å². The predicted molar refractivity (Wildman–Crippen MR) is 93.9 cm³/mol. The molecule has 0 saturated carbocycles. The summed E-state index contributed by atoms with van der Waals surface area (Å²) in [5.41, 5.74) is 1.09. The quantitative estimate of drug-likeness (QED) is 0.744. The van der Waals surface area contributed by atoms with Crippen LogP contribution in [0.1, 0.15) is 29.3 Å². The van der Waals surface area contributed by atoms with Crippen molar-refractivity contribution in [2.75, 3.05) is 13.7 Å². The van der Waals surface area contributed by atoms with Crippen molar-refractivity contribution < 1.29 is 17.9 Å². The molecular formula is C17H21N3O4S. The summed E-state index contributed by atoms with van der Waals surface area (Å²) >= 11 is 0. The summed E-state index contributed by atoms with van der Waals surface area (Å²) in [4.78, 5) is 16.2. The van der Waals surface area contributed by atoms with Crippen LogP contribution in [0.3, 0.4) is 0 Å². The number of methoxy groups -OCH3 is 1. The Labute approximate surface area is 147 Å². The molecule has 1 heterocycles. The third-order valence-electron chi connectivity index (χ3n) is 3.43. The van der Waals surface area contributed by atoms with Crippen molar-refractivity contribution in [3.8, 4) is 5.75 Å². The number of nitrogens with zero attached hydrogens (tertiary/aromatic N) is 1. The molecule has 25 heavy (non-hydrogen) atoms. The summed E-state index contributed by atoms with van der Waals surface area (Å²) < 4.78 is 32.4. The van der Waals surface area contributed by atoms with Gasteiger partial charge in [-0.25, -0.2) is 13.1 Å². The molecule has 0 fully saturated rings. The molecule has 1 amide bonds. The highest BCUT2D eigenvalue weighted by atomic mass is 32.2. The number of carbonyl (C=O) groups is 1. The number of amides is 1. The van der Waals surface area contributed by atoms with E-state index >= 15 is 0 Å². The molecule has 0 radical (unpaired) electrons. The van der Waals surface area contributed by atoms with Gasteiger partial charge in [-0.2, -0.15) is 0 Å². The average Bonchev–Trinajstić information content (AvgIpc) is 2.64. The number of sulfonamides is 1. The lowest BCUT2D eigenvalue weighted by molar-refractivity contribution is 0.0950. The fraction of sp³-hybridized carbons (Fsp3) is 0.294. The summed E-state index contributed by atoms with van der Waals surface area (Å²) in [5, 5.41) is 2.74. The SMILES string of the molecule is CCCNS(=O)(=O)c1cc(C(=O)NCc2cccnc2)ccc1OC. The number of aromatic nitrogens is 1. The molecule has 134 valence electrons. The van der Waals surface area contributed by atoms with Crippen LogP contribution in [0.25, 0.3) is 0 Å². The topological polar surface area (TPSA) is 97.4 Å². The van der Waals surface area contributed by atoms with Crippen molar-refractivity contribution in [2.24, 2.45) is 0 Å². The van der Waals surface area contributed by atoms with Crippen molar-refractivity contribution in [2.45, 2.75) is 24.8 Å². The first-order chi connectivity index (χ1) is 12.0. The first kappa shape index (κ1) is 18.9. The molecule has 0 bridgehead atoms. The van der Waals surface area contributed by atoms with E-state index in [-0.39, 0.29) is 22.1 Å². The van der Waals surface area contributed by atoms with E-state index in [0.717, 1.165) is 5.56 Å². The highest BCUT2D eigenvalue weighted by molar-refractivity contribution is 7.89. The smallest absolute Gasteiger partial charge is 0.251 e. The van der Waals surface area contributed by atoms with E-state index in [1.54, 1.807) is 18.5 Å². The molecule has 0 spiro atoms. The van der Waals surface area contributed by atoms with Gasteiger partial charge in [0.15, 0.2) is 0 Å². The van der Waals surface area contributed by atoms with Gasteiger partial charge in [0.25, 0.3) is 5.91 Å². The van der Waals surface area contributed by atoms with Gasteiger partial charge >= 0.3 is 0 Å². The monoisotopic (exact) mass is 363 g/mol. The maximum absolute atomic E-state index is 12.4. The van der Waals surface area contributed by atoms with Crippen LogP contribution >= 0.6 is 0 Å². The molecule has 1 aromatic carbocycles. The first-order valence-corrected chi connectivity index (χ1v) is 9.31. The van der Waals surface area contributed by atoms with E-state index in [4.69, 9.17) is 4.74 Å². The number of rotatable bonds is 8. The van der Waals surface area contributed by atoms with E-state index in [1.807, 2.05) is 13.0 Å². The second-order valence-electron chi connectivity index (χ2n) is 5.31. The predicted octanol–water partition coefficient (Wildman–Crippen LogP) is 1.71. The Hall–Kier alpha value is -2.45. The van der Waals surface area contributed by atoms with Gasteiger partial charge in [0.05, 0.1) is 7.11 Å². The van der Waals surface area contributed by atoms with Crippen LogP contribution in [0.2, 0.25) is 0 Å². The number of ether oxygens (including phenoxy) is 1. The number of nitrogens with one attached hydrogen (secondary N) is 2. The van der Waals surface area contributed by atoms with Gasteiger partial charge in [-0.15, -0.1) is 0 Å². The third kappa shape index (κ3) is 5.01. The van der Waals surface area contributed by atoms with E-state index in [1.165, 1.54) is 25.3 Å². The summed E-state index contributed by atoms with van der Waals surface area (Å²) in [6.07, 6.45) is 3.96. The van der Waals surface area contributed by atoms with Crippen molar-refractivity contribution >= 4 is 15.9 Å². The minimum absolute atomic E-state index is 0.0579. The third-order valence-corrected chi connectivity index (χ3v) is 4.92. The Morgan fingerprint density at radius 2 is 2.08 bits per heavy atom. The van der Waals surface area contributed by atoms with Crippen LogP contribution in [0.4, 0.5) is 0 Å². The maximum Gasteiger partial charge on any atom is 0.251 e. The molecule has 1 aromatic heterocycles. The second-order valence-corrected chi connectivity index (χ2v) is 7.04. The molecule has 0 saturated heterocycles. The van der Waals surface area contributed by atoms with Crippen LogP contribution in [0.5, 0.6) is 5.75 Å². The van der Waals surface area contributed by atoms with Gasteiger partial charge < -0.3 is 10.1 Å². The average molecular weight is 363 g/mol. The summed E-state index contributed by atoms with van der Waals surface area (Å²) in [6.45, 7) is 2.47. The van der Waals surface area contributed by atoms with Gasteiger partial charge in [0.2, 0.25) is 10.0 Å². The largest absolute Gasteiger partial charge is 0.495 e. The molecule has 7 nitrogen and oxygen atoms in total. The van der Waals surface area contributed by atoms with Crippen LogP contribution in [-0.2, 0) is 16.6 Å². The van der Waals surface area contributed by atoms with Gasteiger partial charge in [0, 0.05) is 31.0 Å². The first-order valence-electron chi connectivity index (χ1n) is 7.82. The highest BCUT2D eigenvalue weighted by Gasteiger charge is 2.21. The molecule has 0 atom stereocenters. The number of hydrogen-bond donors (Lipinski definition) is 2. The lowest BCUT2D eigenvalue weighted by atomic mass is 10.2. The van der Waals surface area contributed by atoms with Crippen molar-refractivity contribution in [1.82, 2.24) is 15.0 Å². The molecule has 0 unspecified atom stereocenters. The van der Waals surface area contributed by atoms with Gasteiger partial charge in [-0.3, -0.25) is 9.78 Å². The standard InChI is InChI=1S/C17H21N3O4S/c1-3-8-20-25(22,23)16-10-14(6-7-15(16)24-2)17(21)19-12-13-5-4-9-18-11-13/h4-7,9-11,20H,3,8,12H2,1-2H3,(H,19,21). The zero-order valence-corrected chi connectivity index (χ0v) is 15.0. The summed E-state index contributed by atoms with van der Waals surface area (Å²) in [7, 11) is -2.37. The molecule has 0 aliphatic heterocycles. The van der Waals surface area contributed by atoms with E-state index < -0.39 is 10.0 Å². The molecule has 2 aromatic rings. The van der Waals surface area contributed by atoms with Crippen LogP contribution in [0.15, 0.2) is 47.6 Å². The van der Waals surface area contributed by atoms with Crippen LogP contribution in [-0.4, -0.2) is 33.0 Å². The Balaban J connectivity index is 2.21. The summed E-state index contributed by atoms with van der Waals surface area (Å²) in [6, 6.07) is 7.93. The Morgan fingerprint density at radius 1 is 1.28 bits per heavy atom. The van der Waals surface area contributed by atoms with Crippen molar-refractivity contribution in [3.63, 3.8) is 0 Å². The molecule has 0 aliphatic carbocycles. The van der Waals surface area contributed by atoms with E-state index in [9.17, 15) is 13.2 Å². The van der Waals surface area contributed by atoms with Gasteiger partial charge in [0.1, 0.15) is 10.6 Å². The fourth-order valence-corrected chi connectivity index (χ4v) is 3.46. The van der Waals surface area contributed by atoms with E-state index in [2.05, 4.69) is 15.0 Å². The lowest BCUT2D eigenvalue weighted by Crippen LogP contribution is -2.26. The minimum atomic E-state index is -3.75.